The van der Waals surface area contributed by atoms with E-state index in [1.807, 2.05) is 26.0 Å². The van der Waals surface area contributed by atoms with Crippen molar-refractivity contribution >= 4 is 29.1 Å². The average Bonchev–Trinajstić information content (AvgIpc) is 2.93. The summed E-state index contributed by atoms with van der Waals surface area (Å²) in [6.45, 7) is 4.55. The van der Waals surface area contributed by atoms with Crippen molar-refractivity contribution < 1.29 is 29.3 Å². The van der Waals surface area contributed by atoms with Gasteiger partial charge in [0.05, 0.1) is 6.10 Å². The first-order chi connectivity index (χ1) is 13.9. The van der Waals surface area contributed by atoms with Crippen LogP contribution in [0.5, 0.6) is 0 Å². The third-order valence-electron chi connectivity index (χ3n) is 8.12. The maximum absolute atomic E-state index is 12.9. The monoisotopic (exact) mass is 434 g/mol. The van der Waals surface area contributed by atoms with E-state index >= 15 is 0 Å². The number of rotatable bonds is 3. The molecule has 162 valence electrons. The molecule has 0 heterocycles. The highest BCUT2D eigenvalue weighted by Crippen LogP contribution is 2.66. The zero-order chi connectivity index (χ0) is 22.1. The summed E-state index contributed by atoms with van der Waals surface area (Å²) in [4.78, 5) is 36.0. The Morgan fingerprint density at radius 3 is 2.70 bits per heavy atom. The summed E-state index contributed by atoms with van der Waals surface area (Å²) in [5, 5.41) is 23.2. The van der Waals surface area contributed by atoms with Gasteiger partial charge in [-0.2, -0.15) is 0 Å². The van der Waals surface area contributed by atoms with Crippen LogP contribution in [0.4, 0.5) is 0 Å². The van der Waals surface area contributed by atoms with Gasteiger partial charge in [0.25, 0.3) is 0 Å². The molecule has 2 saturated carbocycles. The van der Waals surface area contributed by atoms with E-state index in [2.05, 4.69) is 0 Å². The predicted molar refractivity (Wildman–Crippen MR) is 109 cm³/mol. The normalized spacial score (nSPS) is 44.4. The lowest BCUT2D eigenvalue weighted by molar-refractivity contribution is -0.175. The second-order valence-corrected chi connectivity index (χ2v) is 10.00. The highest BCUT2D eigenvalue weighted by molar-refractivity contribution is 6.32. The summed E-state index contributed by atoms with van der Waals surface area (Å²) < 4.78 is 4.86. The zero-order valence-electron chi connectivity index (χ0n) is 17.4. The Morgan fingerprint density at radius 2 is 2.03 bits per heavy atom. The molecule has 7 unspecified atom stereocenters. The third kappa shape index (κ3) is 2.80. The van der Waals surface area contributed by atoms with Crippen LogP contribution < -0.4 is 0 Å². The lowest BCUT2D eigenvalue weighted by atomic mass is 9.48. The average molecular weight is 435 g/mol. The van der Waals surface area contributed by atoms with Crippen LogP contribution in [0.2, 0.25) is 0 Å². The Bertz CT molecular complexity index is 919. The molecule has 0 radical (unpaired) electrons. The second kappa shape index (κ2) is 6.87. The molecule has 0 aromatic rings. The van der Waals surface area contributed by atoms with Gasteiger partial charge in [-0.25, -0.2) is 0 Å². The van der Waals surface area contributed by atoms with Crippen molar-refractivity contribution in [2.45, 2.75) is 51.7 Å². The van der Waals surface area contributed by atoms with Gasteiger partial charge in [-0.1, -0.05) is 37.6 Å². The molecular weight excluding hydrogens is 408 g/mol. The molecular formula is C23H27ClO6. The molecule has 0 saturated heterocycles. The van der Waals surface area contributed by atoms with E-state index in [1.165, 1.54) is 19.1 Å². The first kappa shape index (κ1) is 21.5. The predicted octanol–water partition coefficient (Wildman–Crippen LogP) is 2.47. The molecule has 0 aromatic carbocycles. The Kier molecular flexibility index (Phi) is 4.92. The molecule has 0 aliphatic heterocycles. The van der Waals surface area contributed by atoms with E-state index < -0.39 is 40.9 Å². The van der Waals surface area contributed by atoms with Crippen LogP contribution >= 0.6 is 11.6 Å². The number of halogens is 1. The highest BCUT2D eigenvalue weighted by Gasteiger charge is 2.68. The smallest absolute Gasteiger partial charge is 0.303 e. The molecule has 4 aliphatic rings. The molecule has 2 fully saturated rings. The summed E-state index contributed by atoms with van der Waals surface area (Å²) >= 11 is 6.60. The van der Waals surface area contributed by atoms with Crippen molar-refractivity contribution in [3.05, 3.63) is 34.9 Å². The number of ether oxygens (including phenoxy) is 1. The fourth-order valence-corrected chi connectivity index (χ4v) is 7.01. The molecule has 30 heavy (non-hydrogen) atoms. The van der Waals surface area contributed by atoms with Gasteiger partial charge in [0.1, 0.15) is 5.60 Å². The Hall–Kier alpha value is -1.76. The number of hydrogen-bond donors (Lipinski definition) is 2. The van der Waals surface area contributed by atoms with Crippen LogP contribution in [0.15, 0.2) is 34.9 Å². The zero-order valence-corrected chi connectivity index (χ0v) is 18.1. The molecule has 6 nitrogen and oxygen atoms in total. The van der Waals surface area contributed by atoms with E-state index in [-0.39, 0.29) is 36.4 Å². The number of carbonyl (C=O) groups is 3. The van der Waals surface area contributed by atoms with Gasteiger partial charge in [0.2, 0.25) is 5.78 Å². The standard InChI is InChI=1S/C23H27ClO6/c1-12(25)30-11-19(28)23(29)7-5-15-14-9-17(24)16-8-13(26)4-6-21(16,2)20(14)18(27)10-22(15,23)3/h4,6,8-9,14-15,18,20,27,29H,5,7,10-11H2,1-3H3. The lowest BCUT2D eigenvalue weighted by Gasteiger charge is -2.58. The van der Waals surface area contributed by atoms with Crippen LogP contribution in [-0.2, 0) is 19.1 Å². The van der Waals surface area contributed by atoms with E-state index in [0.29, 0.717) is 17.0 Å². The maximum Gasteiger partial charge on any atom is 0.303 e. The Morgan fingerprint density at radius 1 is 1.33 bits per heavy atom. The number of hydrogen-bond acceptors (Lipinski definition) is 6. The number of aliphatic hydroxyl groups excluding tert-OH is 1. The van der Waals surface area contributed by atoms with Crippen molar-refractivity contribution in [1.29, 1.82) is 0 Å². The number of Topliss-reactive ketones (excluding diaryl/α,β-unsaturated/α-hetero) is 1. The van der Waals surface area contributed by atoms with Gasteiger partial charge in [0, 0.05) is 28.7 Å². The topological polar surface area (TPSA) is 101 Å². The van der Waals surface area contributed by atoms with Gasteiger partial charge < -0.3 is 14.9 Å². The number of esters is 1. The largest absolute Gasteiger partial charge is 0.458 e. The van der Waals surface area contributed by atoms with Crippen molar-refractivity contribution in [3.8, 4) is 0 Å². The summed E-state index contributed by atoms with van der Waals surface area (Å²) in [6, 6.07) is 0. The number of fused-ring (bicyclic) bond motifs is 5. The van der Waals surface area contributed by atoms with Crippen LogP contribution in [0.1, 0.15) is 40.0 Å². The summed E-state index contributed by atoms with van der Waals surface area (Å²) in [7, 11) is 0. The SMILES string of the molecule is CC(=O)OCC(=O)C1(O)CCC2C3C=C(Cl)C4=CC(=O)C=CC4(C)C3C(O)CC21C. The summed E-state index contributed by atoms with van der Waals surface area (Å²) in [5.41, 5.74) is -2.47. The third-order valence-corrected chi connectivity index (χ3v) is 8.45. The molecule has 0 aromatic heterocycles. The number of carbonyl (C=O) groups excluding carboxylic acids is 3. The molecule has 4 aliphatic carbocycles. The Labute approximate surface area is 180 Å². The number of allylic oxidation sites excluding steroid dienone is 6. The van der Waals surface area contributed by atoms with E-state index in [9.17, 15) is 24.6 Å². The molecule has 0 bridgehead atoms. The van der Waals surface area contributed by atoms with Crippen LogP contribution in [-0.4, -0.2) is 46.1 Å². The van der Waals surface area contributed by atoms with Crippen LogP contribution in [0, 0.1) is 28.6 Å². The van der Waals surface area contributed by atoms with Gasteiger partial charge >= 0.3 is 5.97 Å². The maximum atomic E-state index is 12.9. The van der Waals surface area contributed by atoms with E-state index in [4.69, 9.17) is 16.3 Å². The molecule has 2 N–H and O–H groups in total. The van der Waals surface area contributed by atoms with Gasteiger partial charge in [-0.3, -0.25) is 14.4 Å². The second-order valence-electron chi connectivity index (χ2n) is 9.59. The fourth-order valence-electron chi connectivity index (χ4n) is 6.61. The summed E-state index contributed by atoms with van der Waals surface area (Å²) in [5.74, 6) is -1.72. The number of ketones is 2. The Balaban J connectivity index is 1.74. The minimum atomic E-state index is -1.69. The van der Waals surface area contributed by atoms with Crippen molar-refractivity contribution in [1.82, 2.24) is 0 Å². The van der Waals surface area contributed by atoms with Crippen molar-refractivity contribution in [3.63, 3.8) is 0 Å². The first-order valence-corrected chi connectivity index (χ1v) is 10.7. The minimum absolute atomic E-state index is 0.0877. The highest BCUT2D eigenvalue weighted by atomic mass is 35.5. The van der Waals surface area contributed by atoms with Gasteiger partial charge in [-0.05, 0) is 48.8 Å². The van der Waals surface area contributed by atoms with Crippen LogP contribution in [0.3, 0.4) is 0 Å². The minimum Gasteiger partial charge on any atom is -0.458 e. The molecule has 0 spiro atoms. The number of aliphatic hydroxyl groups is 2. The molecule has 7 heteroatoms. The van der Waals surface area contributed by atoms with Gasteiger partial charge in [0.15, 0.2) is 12.4 Å². The molecule has 4 rings (SSSR count). The lowest BCUT2D eigenvalue weighted by Crippen LogP contribution is -2.61. The molecule has 0 amide bonds. The quantitative estimate of drug-likeness (QED) is 0.662. The van der Waals surface area contributed by atoms with Crippen LogP contribution in [0.25, 0.3) is 0 Å². The van der Waals surface area contributed by atoms with E-state index in [0.717, 1.165) is 0 Å². The van der Waals surface area contributed by atoms with Gasteiger partial charge in [-0.15, -0.1) is 0 Å². The fraction of sp³-hybridized carbons (Fsp3) is 0.609. The van der Waals surface area contributed by atoms with Crippen molar-refractivity contribution in [2.75, 3.05) is 6.61 Å². The summed E-state index contributed by atoms with van der Waals surface area (Å²) in [6.07, 6.45) is 7.02. The van der Waals surface area contributed by atoms with E-state index in [1.54, 1.807) is 0 Å². The van der Waals surface area contributed by atoms with Crippen molar-refractivity contribution in [2.24, 2.45) is 28.6 Å². The first-order valence-electron chi connectivity index (χ1n) is 10.3. The molecule has 7 atom stereocenters.